The van der Waals surface area contributed by atoms with E-state index in [2.05, 4.69) is 15.9 Å². The summed E-state index contributed by atoms with van der Waals surface area (Å²) in [5.41, 5.74) is 0.233. The Balaban J connectivity index is 2.40. The van der Waals surface area contributed by atoms with Crippen LogP contribution in [-0.2, 0) is 6.54 Å². The summed E-state index contributed by atoms with van der Waals surface area (Å²) in [5, 5.41) is 8.87. The molecule has 0 bridgehead atoms. The van der Waals surface area contributed by atoms with Gasteiger partial charge in [-0.2, -0.15) is 0 Å². The van der Waals surface area contributed by atoms with Crippen LogP contribution in [0, 0.1) is 5.82 Å². The topological polar surface area (TPSA) is 59.3 Å². The fourth-order valence-corrected chi connectivity index (χ4v) is 2.19. The lowest BCUT2D eigenvalue weighted by molar-refractivity contribution is 0.0696. The Morgan fingerprint density at radius 3 is 2.68 bits per heavy atom. The highest BCUT2D eigenvalue weighted by atomic mass is 79.9. The van der Waals surface area contributed by atoms with Crippen LogP contribution in [0.15, 0.2) is 45.8 Å². The Bertz CT molecular complexity index is 676. The molecule has 0 saturated carbocycles. The predicted molar refractivity (Wildman–Crippen MR) is 70.9 cm³/mol. The zero-order valence-electron chi connectivity index (χ0n) is 9.64. The minimum atomic E-state index is -1.12. The van der Waals surface area contributed by atoms with Crippen molar-refractivity contribution in [2.45, 2.75) is 6.54 Å². The summed E-state index contributed by atoms with van der Waals surface area (Å²) in [6.45, 7) is 0.107. The van der Waals surface area contributed by atoms with Gasteiger partial charge in [0.25, 0.3) is 5.56 Å². The molecular formula is C13H9BrFNO3. The summed E-state index contributed by atoms with van der Waals surface area (Å²) in [6, 6.07) is 6.69. The summed E-state index contributed by atoms with van der Waals surface area (Å²) in [6.07, 6.45) is 1.24. The second kappa shape index (κ2) is 5.36. The minimum absolute atomic E-state index is 0.00932. The van der Waals surface area contributed by atoms with E-state index in [1.54, 1.807) is 6.07 Å². The molecule has 0 amide bonds. The van der Waals surface area contributed by atoms with Crippen LogP contribution < -0.4 is 5.56 Å². The van der Waals surface area contributed by atoms with Crippen molar-refractivity contribution >= 4 is 21.9 Å². The Morgan fingerprint density at radius 2 is 2.05 bits per heavy atom. The molecule has 4 nitrogen and oxygen atoms in total. The van der Waals surface area contributed by atoms with Crippen LogP contribution in [0.3, 0.4) is 0 Å². The molecule has 98 valence electrons. The van der Waals surface area contributed by atoms with Crippen molar-refractivity contribution < 1.29 is 14.3 Å². The fraction of sp³-hybridized carbons (Fsp3) is 0.0769. The van der Waals surface area contributed by atoms with E-state index in [0.29, 0.717) is 10.0 Å². The molecule has 1 aromatic carbocycles. The highest BCUT2D eigenvalue weighted by molar-refractivity contribution is 9.10. The standard InChI is InChI=1S/C13H9BrFNO3/c14-10-3-8(4-11(15)5-10)6-16-7-9(13(18)19)1-2-12(16)17/h1-5,7H,6H2,(H,18,19). The van der Waals surface area contributed by atoms with E-state index >= 15 is 0 Å². The molecule has 19 heavy (non-hydrogen) atoms. The lowest BCUT2D eigenvalue weighted by Gasteiger charge is -2.07. The largest absolute Gasteiger partial charge is 0.478 e. The molecule has 0 unspecified atom stereocenters. The third-order valence-corrected chi connectivity index (χ3v) is 2.96. The van der Waals surface area contributed by atoms with Crippen LogP contribution in [0.4, 0.5) is 4.39 Å². The molecular weight excluding hydrogens is 317 g/mol. The SMILES string of the molecule is O=C(O)c1ccc(=O)n(Cc2cc(F)cc(Br)c2)c1. The summed E-state index contributed by atoms with van der Waals surface area (Å²) in [4.78, 5) is 22.5. The summed E-state index contributed by atoms with van der Waals surface area (Å²) in [7, 11) is 0. The van der Waals surface area contributed by atoms with Crippen molar-refractivity contribution in [1.82, 2.24) is 4.57 Å². The Labute approximate surface area is 116 Å². The number of carbonyl (C=O) groups is 1. The number of carboxylic acids is 1. The zero-order valence-corrected chi connectivity index (χ0v) is 11.2. The molecule has 6 heteroatoms. The van der Waals surface area contributed by atoms with Crippen molar-refractivity contribution in [1.29, 1.82) is 0 Å². The maximum Gasteiger partial charge on any atom is 0.337 e. The second-order valence-corrected chi connectivity index (χ2v) is 4.88. The zero-order chi connectivity index (χ0) is 14.0. The summed E-state index contributed by atoms with van der Waals surface area (Å²) >= 11 is 3.16. The molecule has 0 aliphatic heterocycles. The van der Waals surface area contributed by atoms with Crippen molar-refractivity contribution in [2.24, 2.45) is 0 Å². The number of pyridine rings is 1. The normalized spacial score (nSPS) is 10.4. The first-order valence-corrected chi connectivity index (χ1v) is 6.14. The molecule has 0 spiro atoms. The van der Waals surface area contributed by atoms with Gasteiger partial charge >= 0.3 is 5.97 Å². The van der Waals surface area contributed by atoms with Gasteiger partial charge in [0.1, 0.15) is 5.82 Å². The highest BCUT2D eigenvalue weighted by Crippen LogP contribution is 2.15. The van der Waals surface area contributed by atoms with E-state index in [9.17, 15) is 14.0 Å². The molecule has 0 aliphatic rings. The van der Waals surface area contributed by atoms with E-state index in [1.165, 1.54) is 35.0 Å². The third kappa shape index (κ3) is 3.29. The first-order chi connectivity index (χ1) is 8.95. The van der Waals surface area contributed by atoms with Gasteiger partial charge < -0.3 is 9.67 Å². The van der Waals surface area contributed by atoms with Gasteiger partial charge in [-0.1, -0.05) is 15.9 Å². The molecule has 0 radical (unpaired) electrons. The number of hydrogen-bond donors (Lipinski definition) is 1. The second-order valence-electron chi connectivity index (χ2n) is 3.97. The average Bonchev–Trinajstić information content (AvgIpc) is 2.30. The van der Waals surface area contributed by atoms with Crippen LogP contribution in [0.25, 0.3) is 0 Å². The number of rotatable bonds is 3. The van der Waals surface area contributed by atoms with Crippen LogP contribution in [0.2, 0.25) is 0 Å². The first-order valence-electron chi connectivity index (χ1n) is 5.34. The van der Waals surface area contributed by atoms with Crippen LogP contribution in [0.5, 0.6) is 0 Å². The van der Waals surface area contributed by atoms with Gasteiger partial charge in [0.15, 0.2) is 0 Å². The molecule has 1 aromatic heterocycles. The van der Waals surface area contributed by atoms with Gasteiger partial charge in [0.2, 0.25) is 0 Å². The number of aromatic nitrogens is 1. The molecule has 2 aromatic rings. The first kappa shape index (κ1) is 13.5. The molecule has 1 N–H and O–H groups in total. The number of halogens is 2. The lowest BCUT2D eigenvalue weighted by Crippen LogP contribution is -2.20. The number of benzene rings is 1. The van der Waals surface area contributed by atoms with E-state index < -0.39 is 11.8 Å². The predicted octanol–water partition coefficient (Wildman–Crippen LogP) is 2.50. The van der Waals surface area contributed by atoms with Gasteiger partial charge in [0, 0.05) is 16.7 Å². The van der Waals surface area contributed by atoms with Crippen LogP contribution in [-0.4, -0.2) is 15.6 Å². The van der Waals surface area contributed by atoms with Gasteiger partial charge in [-0.05, 0) is 29.8 Å². The van der Waals surface area contributed by atoms with Gasteiger partial charge in [-0.3, -0.25) is 4.79 Å². The number of nitrogens with zero attached hydrogens (tertiary/aromatic N) is 1. The number of carboxylic acid groups (broad SMARTS) is 1. The average molecular weight is 326 g/mol. The maximum absolute atomic E-state index is 13.2. The quantitative estimate of drug-likeness (QED) is 0.943. The number of aromatic carboxylic acids is 1. The van der Waals surface area contributed by atoms with E-state index in [1.807, 2.05) is 0 Å². The lowest BCUT2D eigenvalue weighted by atomic mass is 10.2. The van der Waals surface area contributed by atoms with Gasteiger partial charge in [0.05, 0.1) is 12.1 Å². The molecule has 0 aliphatic carbocycles. The van der Waals surface area contributed by atoms with E-state index in [4.69, 9.17) is 5.11 Å². The smallest absolute Gasteiger partial charge is 0.337 e. The van der Waals surface area contributed by atoms with Crippen molar-refractivity contribution in [3.63, 3.8) is 0 Å². The van der Waals surface area contributed by atoms with Crippen LogP contribution >= 0.6 is 15.9 Å². The van der Waals surface area contributed by atoms with Crippen molar-refractivity contribution in [3.05, 3.63) is 68.3 Å². The monoisotopic (exact) mass is 325 g/mol. The summed E-state index contributed by atoms with van der Waals surface area (Å²) < 4.78 is 15.0. The van der Waals surface area contributed by atoms with Crippen molar-refractivity contribution in [3.8, 4) is 0 Å². The minimum Gasteiger partial charge on any atom is -0.478 e. The van der Waals surface area contributed by atoms with Gasteiger partial charge in [-0.15, -0.1) is 0 Å². The molecule has 0 atom stereocenters. The Hall–Kier alpha value is -1.95. The molecule has 0 saturated heterocycles. The van der Waals surface area contributed by atoms with Crippen molar-refractivity contribution in [2.75, 3.05) is 0 Å². The maximum atomic E-state index is 13.2. The number of hydrogen-bond acceptors (Lipinski definition) is 2. The molecule has 1 heterocycles. The highest BCUT2D eigenvalue weighted by Gasteiger charge is 2.06. The van der Waals surface area contributed by atoms with Crippen LogP contribution in [0.1, 0.15) is 15.9 Å². The Kier molecular flexibility index (Phi) is 3.80. The summed E-state index contributed by atoms with van der Waals surface area (Å²) in [5.74, 6) is -1.54. The Morgan fingerprint density at radius 1 is 1.32 bits per heavy atom. The molecule has 2 rings (SSSR count). The van der Waals surface area contributed by atoms with E-state index in [0.717, 1.165) is 0 Å². The fourth-order valence-electron chi connectivity index (χ4n) is 1.68. The van der Waals surface area contributed by atoms with Gasteiger partial charge in [-0.25, -0.2) is 9.18 Å². The van der Waals surface area contributed by atoms with E-state index in [-0.39, 0.29) is 17.7 Å². The molecule has 0 fully saturated rings. The third-order valence-electron chi connectivity index (χ3n) is 2.51.